The van der Waals surface area contributed by atoms with E-state index in [1.54, 1.807) is 4.52 Å². The minimum absolute atomic E-state index is 0.237. The van der Waals surface area contributed by atoms with Crippen molar-refractivity contribution in [2.75, 3.05) is 31.1 Å². The average Bonchev–Trinajstić information content (AvgIpc) is 2.91. The fourth-order valence-electron chi connectivity index (χ4n) is 2.33. The Hall–Kier alpha value is -2.15. The Kier molecular flexibility index (Phi) is 3.51. The summed E-state index contributed by atoms with van der Waals surface area (Å²) in [6.45, 7) is 4.21. The molecule has 1 unspecified atom stereocenters. The van der Waals surface area contributed by atoms with Gasteiger partial charge < -0.3 is 15.0 Å². The van der Waals surface area contributed by atoms with E-state index in [1.807, 2.05) is 36.2 Å². The van der Waals surface area contributed by atoms with Gasteiger partial charge in [-0.05, 0) is 19.1 Å². The molecule has 1 atom stereocenters. The summed E-state index contributed by atoms with van der Waals surface area (Å²) in [7, 11) is 0. The topological polar surface area (TPSA) is 71.8 Å². The molecule has 0 spiro atoms. The molecule has 1 N–H and O–H groups in total. The molecule has 0 aliphatic carbocycles. The van der Waals surface area contributed by atoms with Crippen LogP contribution in [0.3, 0.4) is 0 Å². The van der Waals surface area contributed by atoms with Crippen molar-refractivity contribution in [1.29, 1.82) is 0 Å². The summed E-state index contributed by atoms with van der Waals surface area (Å²) in [5, 5.41) is 7.63. The minimum Gasteiger partial charge on any atom is -0.464 e. The predicted molar refractivity (Wildman–Crippen MR) is 73.6 cm³/mol. The van der Waals surface area contributed by atoms with E-state index in [0.717, 1.165) is 12.2 Å². The van der Waals surface area contributed by atoms with Gasteiger partial charge in [-0.15, -0.1) is 5.10 Å². The number of aromatic nitrogens is 3. The Balaban J connectivity index is 1.90. The summed E-state index contributed by atoms with van der Waals surface area (Å²) >= 11 is 0. The zero-order chi connectivity index (χ0) is 13.9. The van der Waals surface area contributed by atoms with Crippen LogP contribution in [0.2, 0.25) is 0 Å². The van der Waals surface area contributed by atoms with Crippen LogP contribution >= 0.6 is 0 Å². The highest BCUT2D eigenvalue weighted by Gasteiger charge is 2.32. The molecule has 20 heavy (non-hydrogen) atoms. The van der Waals surface area contributed by atoms with Crippen LogP contribution in [0.4, 0.5) is 5.95 Å². The number of piperazine rings is 1. The molecule has 1 fully saturated rings. The number of anilines is 1. The monoisotopic (exact) mass is 275 g/mol. The summed E-state index contributed by atoms with van der Waals surface area (Å²) in [4.78, 5) is 18.4. The van der Waals surface area contributed by atoms with Gasteiger partial charge in [-0.1, -0.05) is 6.07 Å². The summed E-state index contributed by atoms with van der Waals surface area (Å²) in [6, 6.07) is 5.32. The molecule has 106 valence electrons. The van der Waals surface area contributed by atoms with Gasteiger partial charge in [0.15, 0.2) is 5.65 Å². The highest BCUT2D eigenvalue weighted by Crippen LogP contribution is 2.16. The number of hydrogen-bond acceptors (Lipinski definition) is 6. The number of nitrogens with one attached hydrogen (secondary N) is 1. The van der Waals surface area contributed by atoms with Crippen molar-refractivity contribution < 1.29 is 9.53 Å². The molecule has 7 heteroatoms. The van der Waals surface area contributed by atoms with E-state index in [4.69, 9.17) is 4.74 Å². The van der Waals surface area contributed by atoms with Crippen molar-refractivity contribution in [2.45, 2.75) is 13.0 Å². The maximum Gasteiger partial charge on any atom is 0.330 e. The van der Waals surface area contributed by atoms with Crippen LogP contribution in [0.25, 0.3) is 5.65 Å². The number of carbonyl (C=O) groups is 1. The second kappa shape index (κ2) is 5.46. The Morgan fingerprint density at radius 2 is 2.45 bits per heavy atom. The van der Waals surface area contributed by atoms with E-state index < -0.39 is 0 Å². The second-order valence-corrected chi connectivity index (χ2v) is 4.58. The summed E-state index contributed by atoms with van der Waals surface area (Å²) in [5.41, 5.74) is 0.767. The van der Waals surface area contributed by atoms with Gasteiger partial charge in [0.1, 0.15) is 6.04 Å². The quantitative estimate of drug-likeness (QED) is 0.799. The van der Waals surface area contributed by atoms with E-state index in [1.165, 1.54) is 0 Å². The van der Waals surface area contributed by atoms with Crippen LogP contribution < -0.4 is 10.2 Å². The standard InChI is InChI=1S/C13H17N5O2/c1-2-20-12(19)10-9-14-6-8-17(10)13-15-11-5-3-4-7-18(11)16-13/h3-5,7,10,14H,2,6,8-9H2,1H3. The number of hydrogen-bond donors (Lipinski definition) is 1. The van der Waals surface area contributed by atoms with Gasteiger partial charge in [-0.25, -0.2) is 9.31 Å². The van der Waals surface area contributed by atoms with Gasteiger partial charge in [-0.3, -0.25) is 0 Å². The Labute approximate surface area is 116 Å². The number of esters is 1. The summed E-state index contributed by atoms with van der Waals surface area (Å²) in [5.74, 6) is 0.328. The normalized spacial score (nSPS) is 19.2. The maximum absolute atomic E-state index is 12.0. The summed E-state index contributed by atoms with van der Waals surface area (Å²) < 4.78 is 6.83. The number of pyridine rings is 1. The SMILES string of the molecule is CCOC(=O)C1CNCCN1c1nc2ccccn2n1. The smallest absolute Gasteiger partial charge is 0.330 e. The molecule has 0 amide bonds. The first-order valence-corrected chi connectivity index (χ1v) is 6.75. The highest BCUT2D eigenvalue weighted by molar-refractivity contribution is 5.80. The zero-order valence-electron chi connectivity index (χ0n) is 11.3. The predicted octanol–water partition coefficient (Wildman–Crippen LogP) is 0.0706. The molecule has 1 aliphatic heterocycles. The third kappa shape index (κ3) is 2.32. The van der Waals surface area contributed by atoms with Crippen LogP contribution in [0.15, 0.2) is 24.4 Å². The summed E-state index contributed by atoms with van der Waals surface area (Å²) in [6.07, 6.45) is 1.84. The van der Waals surface area contributed by atoms with Crippen LogP contribution in [0.5, 0.6) is 0 Å². The van der Waals surface area contributed by atoms with E-state index in [9.17, 15) is 4.79 Å². The molecule has 3 rings (SSSR count). The first-order valence-electron chi connectivity index (χ1n) is 6.75. The number of carbonyl (C=O) groups excluding carboxylic acids is 1. The van der Waals surface area contributed by atoms with Gasteiger partial charge in [0.05, 0.1) is 6.61 Å². The van der Waals surface area contributed by atoms with Gasteiger partial charge >= 0.3 is 5.97 Å². The lowest BCUT2D eigenvalue weighted by Crippen LogP contribution is -2.56. The molecule has 2 aromatic heterocycles. The number of ether oxygens (including phenoxy) is 1. The lowest BCUT2D eigenvalue weighted by atomic mass is 10.2. The van der Waals surface area contributed by atoms with Gasteiger partial charge in [0, 0.05) is 25.8 Å². The lowest BCUT2D eigenvalue weighted by Gasteiger charge is -2.33. The molecule has 2 aromatic rings. The fraction of sp³-hybridized carbons (Fsp3) is 0.462. The van der Waals surface area contributed by atoms with Crippen molar-refractivity contribution in [3.8, 4) is 0 Å². The van der Waals surface area contributed by atoms with Crippen LogP contribution in [-0.4, -0.2) is 52.9 Å². The van der Waals surface area contributed by atoms with Crippen molar-refractivity contribution in [3.63, 3.8) is 0 Å². The van der Waals surface area contributed by atoms with E-state index in [-0.39, 0.29) is 12.0 Å². The van der Waals surface area contributed by atoms with Gasteiger partial charge in [-0.2, -0.15) is 4.98 Å². The Morgan fingerprint density at radius 1 is 1.55 bits per heavy atom. The third-order valence-corrected chi connectivity index (χ3v) is 3.29. The first-order chi connectivity index (χ1) is 9.79. The third-order valence-electron chi connectivity index (χ3n) is 3.29. The van der Waals surface area contributed by atoms with E-state index >= 15 is 0 Å². The molecular formula is C13H17N5O2. The molecule has 0 bridgehead atoms. The molecule has 3 heterocycles. The van der Waals surface area contributed by atoms with Gasteiger partial charge in [0.2, 0.25) is 5.95 Å². The Bertz CT molecular complexity index is 579. The van der Waals surface area contributed by atoms with Crippen molar-refractivity contribution >= 4 is 17.6 Å². The Morgan fingerprint density at radius 3 is 3.25 bits per heavy atom. The number of fused-ring (bicyclic) bond motifs is 1. The molecule has 7 nitrogen and oxygen atoms in total. The minimum atomic E-state index is -0.374. The molecule has 0 radical (unpaired) electrons. The van der Waals surface area contributed by atoms with Crippen molar-refractivity contribution in [2.24, 2.45) is 0 Å². The second-order valence-electron chi connectivity index (χ2n) is 4.58. The van der Waals surface area contributed by atoms with Gasteiger partial charge in [0.25, 0.3) is 0 Å². The molecule has 1 aliphatic rings. The number of nitrogens with zero attached hydrogens (tertiary/aromatic N) is 4. The average molecular weight is 275 g/mol. The van der Waals surface area contributed by atoms with Crippen LogP contribution in [0.1, 0.15) is 6.92 Å². The maximum atomic E-state index is 12.0. The molecule has 0 saturated carbocycles. The largest absolute Gasteiger partial charge is 0.464 e. The molecule has 1 saturated heterocycles. The fourth-order valence-corrected chi connectivity index (χ4v) is 2.33. The van der Waals surface area contributed by atoms with Crippen molar-refractivity contribution in [1.82, 2.24) is 19.9 Å². The number of rotatable bonds is 3. The highest BCUT2D eigenvalue weighted by atomic mass is 16.5. The van der Waals surface area contributed by atoms with Crippen LogP contribution in [-0.2, 0) is 9.53 Å². The molecule has 0 aromatic carbocycles. The van der Waals surface area contributed by atoms with E-state index in [2.05, 4.69) is 15.4 Å². The van der Waals surface area contributed by atoms with Crippen molar-refractivity contribution in [3.05, 3.63) is 24.4 Å². The first kappa shape index (κ1) is 12.9. The van der Waals surface area contributed by atoms with E-state index in [0.29, 0.717) is 25.6 Å². The molecular weight excluding hydrogens is 258 g/mol. The zero-order valence-corrected chi connectivity index (χ0v) is 11.3. The lowest BCUT2D eigenvalue weighted by molar-refractivity contribution is -0.144. The van der Waals surface area contributed by atoms with Crippen LogP contribution in [0, 0.1) is 0 Å².